The van der Waals surface area contributed by atoms with Crippen LogP contribution in [0.15, 0.2) is 91.0 Å². The third kappa shape index (κ3) is 4.47. The summed E-state index contributed by atoms with van der Waals surface area (Å²) in [5.41, 5.74) is 1.10. The topological polar surface area (TPSA) is 75.6 Å². The number of hydrogen-bond acceptors (Lipinski definition) is 3. The van der Waals surface area contributed by atoms with E-state index in [2.05, 4.69) is 5.32 Å². The molecule has 0 radical (unpaired) electrons. The van der Waals surface area contributed by atoms with Gasteiger partial charge >= 0.3 is 5.97 Å². The second-order valence-corrected chi connectivity index (χ2v) is 6.84. The molecule has 4 rings (SSSR count). The summed E-state index contributed by atoms with van der Waals surface area (Å²) in [5.74, 6) is -0.0521. The number of ether oxygens (including phenoxy) is 1. The zero-order valence-electron chi connectivity index (χ0n) is 16.0. The van der Waals surface area contributed by atoms with Crippen molar-refractivity contribution in [2.75, 3.05) is 5.32 Å². The van der Waals surface area contributed by atoms with Crippen molar-refractivity contribution in [3.63, 3.8) is 0 Å². The van der Waals surface area contributed by atoms with Crippen molar-refractivity contribution in [1.82, 2.24) is 0 Å². The monoisotopic (exact) mass is 397 g/mol. The fourth-order valence-corrected chi connectivity index (χ4v) is 3.24. The number of para-hydroxylation sites is 1. The minimum Gasteiger partial charge on any atom is -0.478 e. The van der Waals surface area contributed by atoms with E-state index in [0.29, 0.717) is 11.5 Å². The zero-order chi connectivity index (χ0) is 20.9. The van der Waals surface area contributed by atoms with E-state index in [9.17, 15) is 14.7 Å². The van der Waals surface area contributed by atoms with Crippen molar-refractivity contribution in [2.24, 2.45) is 0 Å². The fourth-order valence-electron chi connectivity index (χ4n) is 3.24. The van der Waals surface area contributed by atoms with Gasteiger partial charge in [0.1, 0.15) is 11.5 Å². The lowest BCUT2D eigenvalue weighted by Crippen LogP contribution is -2.17. The summed E-state index contributed by atoms with van der Waals surface area (Å²) in [7, 11) is 0. The van der Waals surface area contributed by atoms with Crippen molar-refractivity contribution in [2.45, 2.75) is 6.42 Å². The quantitative estimate of drug-likeness (QED) is 0.450. The molecule has 0 aliphatic carbocycles. The Kier molecular flexibility index (Phi) is 5.44. The molecule has 0 unspecified atom stereocenters. The molecule has 148 valence electrons. The molecule has 0 bridgehead atoms. The van der Waals surface area contributed by atoms with Crippen LogP contribution in [0.2, 0.25) is 0 Å². The van der Waals surface area contributed by atoms with E-state index in [1.807, 2.05) is 72.8 Å². The number of carboxylic acids is 1. The molecule has 0 atom stereocenters. The Labute approximate surface area is 173 Å². The number of hydrogen-bond donors (Lipinski definition) is 2. The third-order valence-corrected chi connectivity index (χ3v) is 4.63. The van der Waals surface area contributed by atoms with E-state index >= 15 is 0 Å². The highest BCUT2D eigenvalue weighted by molar-refractivity contribution is 6.05. The summed E-state index contributed by atoms with van der Waals surface area (Å²) < 4.78 is 5.81. The Balaban J connectivity index is 1.52. The zero-order valence-corrected chi connectivity index (χ0v) is 16.0. The molecule has 0 fully saturated rings. The number of carboxylic acid groups (broad SMARTS) is 1. The molecule has 5 nitrogen and oxygen atoms in total. The van der Waals surface area contributed by atoms with E-state index in [4.69, 9.17) is 4.74 Å². The lowest BCUT2D eigenvalue weighted by molar-refractivity contribution is -0.115. The van der Waals surface area contributed by atoms with Crippen molar-refractivity contribution in [3.8, 4) is 11.5 Å². The highest BCUT2D eigenvalue weighted by Crippen LogP contribution is 2.25. The number of carbonyl (C=O) groups is 2. The summed E-state index contributed by atoms with van der Waals surface area (Å²) >= 11 is 0. The first kappa shape index (κ1) is 19.2. The number of nitrogens with one attached hydrogen (secondary N) is 1. The van der Waals surface area contributed by atoms with Gasteiger partial charge in [-0.25, -0.2) is 4.79 Å². The van der Waals surface area contributed by atoms with E-state index < -0.39 is 5.97 Å². The lowest BCUT2D eigenvalue weighted by atomic mass is 10.0. The Morgan fingerprint density at radius 1 is 0.767 bits per heavy atom. The van der Waals surface area contributed by atoms with Gasteiger partial charge in [0.25, 0.3) is 0 Å². The highest BCUT2D eigenvalue weighted by atomic mass is 16.5. The van der Waals surface area contributed by atoms with Crippen molar-refractivity contribution in [3.05, 3.63) is 102 Å². The number of rotatable bonds is 6. The van der Waals surface area contributed by atoms with Crippen LogP contribution in [0.1, 0.15) is 15.9 Å². The number of fused-ring (bicyclic) bond motifs is 1. The minimum absolute atomic E-state index is 0.0585. The molecular formula is C25H19NO4. The highest BCUT2D eigenvalue weighted by Gasteiger charge is 2.14. The summed E-state index contributed by atoms with van der Waals surface area (Å²) in [6.07, 6.45) is 0.0951. The molecule has 0 aliphatic heterocycles. The van der Waals surface area contributed by atoms with Crippen molar-refractivity contribution in [1.29, 1.82) is 0 Å². The first-order valence-corrected chi connectivity index (χ1v) is 9.46. The molecule has 1 amide bonds. The average Bonchev–Trinajstić information content (AvgIpc) is 2.74. The van der Waals surface area contributed by atoms with Crippen LogP contribution in [0.4, 0.5) is 5.69 Å². The average molecular weight is 397 g/mol. The molecule has 0 heterocycles. The van der Waals surface area contributed by atoms with Crippen LogP contribution in [-0.4, -0.2) is 17.0 Å². The number of anilines is 1. The Bertz CT molecular complexity index is 1220. The summed E-state index contributed by atoms with van der Waals surface area (Å²) in [4.78, 5) is 24.3. The standard InChI is InChI=1S/C25H19NO4/c27-24(14-17-7-6-12-21(13-17)30-20-10-2-1-3-11-20)26-23-16-19-9-5-4-8-18(19)15-22(23)25(28)29/h1-13,15-16H,14H2,(H,26,27)(H,28,29). The van der Waals surface area contributed by atoms with Gasteiger partial charge in [-0.2, -0.15) is 0 Å². The van der Waals surface area contributed by atoms with Gasteiger partial charge in [-0.3, -0.25) is 4.79 Å². The lowest BCUT2D eigenvalue weighted by Gasteiger charge is -2.11. The van der Waals surface area contributed by atoms with Crippen LogP contribution in [0, 0.1) is 0 Å². The van der Waals surface area contributed by atoms with Gasteiger partial charge in [0, 0.05) is 0 Å². The molecule has 0 aliphatic rings. The normalized spacial score (nSPS) is 10.5. The van der Waals surface area contributed by atoms with E-state index in [1.54, 1.807) is 18.2 Å². The van der Waals surface area contributed by atoms with Crippen LogP contribution in [0.25, 0.3) is 10.8 Å². The minimum atomic E-state index is -1.09. The van der Waals surface area contributed by atoms with Crippen LogP contribution >= 0.6 is 0 Å². The number of benzene rings is 4. The molecule has 2 N–H and O–H groups in total. The largest absolute Gasteiger partial charge is 0.478 e. The van der Waals surface area contributed by atoms with Gasteiger partial charge < -0.3 is 15.2 Å². The van der Waals surface area contributed by atoms with Gasteiger partial charge in [-0.1, -0.05) is 54.6 Å². The van der Waals surface area contributed by atoms with Gasteiger partial charge in [0.15, 0.2) is 0 Å². The van der Waals surface area contributed by atoms with E-state index in [-0.39, 0.29) is 23.6 Å². The number of aromatic carboxylic acids is 1. The molecule has 5 heteroatoms. The maximum atomic E-state index is 12.6. The van der Waals surface area contributed by atoms with Crippen LogP contribution in [-0.2, 0) is 11.2 Å². The van der Waals surface area contributed by atoms with Gasteiger partial charge in [-0.15, -0.1) is 0 Å². The van der Waals surface area contributed by atoms with Crippen LogP contribution < -0.4 is 10.1 Å². The summed E-state index contributed by atoms with van der Waals surface area (Å²) in [5, 5.41) is 13.9. The number of carbonyl (C=O) groups excluding carboxylic acids is 1. The van der Waals surface area contributed by atoms with Crippen molar-refractivity contribution >= 4 is 28.3 Å². The first-order valence-electron chi connectivity index (χ1n) is 9.46. The molecule has 0 saturated carbocycles. The van der Waals surface area contributed by atoms with E-state index in [1.165, 1.54) is 0 Å². The van der Waals surface area contributed by atoms with Gasteiger partial charge in [-0.05, 0) is 52.7 Å². The summed E-state index contributed by atoms with van der Waals surface area (Å²) in [6.45, 7) is 0. The molecule has 4 aromatic carbocycles. The first-order chi connectivity index (χ1) is 14.6. The van der Waals surface area contributed by atoms with Crippen LogP contribution in [0.3, 0.4) is 0 Å². The second-order valence-electron chi connectivity index (χ2n) is 6.84. The van der Waals surface area contributed by atoms with E-state index in [0.717, 1.165) is 16.3 Å². The SMILES string of the molecule is O=C(Cc1cccc(Oc2ccccc2)c1)Nc1cc2ccccc2cc1C(=O)O. The van der Waals surface area contributed by atoms with Gasteiger partial charge in [0.2, 0.25) is 5.91 Å². The van der Waals surface area contributed by atoms with Crippen LogP contribution in [0.5, 0.6) is 11.5 Å². The summed E-state index contributed by atoms with van der Waals surface area (Å²) in [6, 6.07) is 27.3. The number of amides is 1. The molecular weight excluding hydrogens is 378 g/mol. The predicted molar refractivity (Wildman–Crippen MR) is 116 cm³/mol. The molecule has 0 spiro atoms. The predicted octanol–water partition coefficient (Wildman–Crippen LogP) is 5.51. The molecule has 4 aromatic rings. The molecule has 0 aromatic heterocycles. The molecule has 0 saturated heterocycles. The smallest absolute Gasteiger partial charge is 0.337 e. The Hall–Kier alpha value is -4.12. The third-order valence-electron chi connectivity index (χ3n) is 4.63. The maximum Gasteiger partial charge on any atom is 0.337 e. The van der Waals surface area contributed by atoms with Gasteiger partial charge in [0.05, 0.1) is 17.7 Å². The Morgan fingerprint density at radius 3 is 2.17 bits per heavy atom. The fraction of sp³-hybridized carbons (Fsp3) is 0.0400. The van der Waals surface area contributed by atoms with Crippen molar-refractivity contribution < 1.29 is 19.4 Å². The second kappa shape index (κ2) is 8.49. The Morgan fingerprint density at radius 2 is 1.43 bits per heavy atom. The maximum absolute atomic E-state index is 12.6. The molecule has 30 heavy (non-hydrogen) atoms.